The number of hydrogen-bond donors (Lipinski definition) is 0. The molecule has 0 amide bonds. The number of aryl methyl sites for hydroxylation is 2. The molecular formula is C35H30N2. The lowest BCUT2D eigenvalue weighted by Gasteiger charge is -2.42. The third-order valence-electron chi connectivity index (χ3n) is 8.23. The van der Waals surface area contributed by atoms with Crippen LogP contribution in [-0.2, 0) is 5.41 Å². The van der Waals surface area contributed by atoms with Crippen molar-refractivity contribution in [2.75, 3.05) is 9.80 Å². The van der Waals surface area contributed by atoms with Gasteiger partial charge >= 0.3 is 0 Å². The zero-order chi connectivity index (χ0) is 25.3. The smallest absolute Gasteiger partial charge is 0.0732 e. The fourth-order valence-electron chi connectivity index (χ4n) is 6.38. The SMILES string of the molecule is Cc1ccccc1N1c2ccccc2N(c2ccc3c(c2)C(C)(C)c2ccccc2-3)c2cccc(C)c21. The Morgan fingerprint density at radius 3 is 1.86 bits per heavy atom. The Bertz CT molecular complexity index is 1690. The van der Waals surface area contributed by atoms with Gasteiger partial charge in [-0.25, -0.2) is 0 Å². The third kappa shape index (κ3) is 3.05. The first-order chi connectivity index (χ1) is 18.0. The Kier molecular flexibility index (Phi) is 4.65. The van der Waals surface area contributed by atoms with Crippen LogP contribution in [0.4, 0.5) is 34.1 Å². The summed E-state index contributed by atoms with van der Waals surface area (Å²) in [4.78, 5) is 4.89. The zero-order valence-electron chi connectivity index (χ0n) is 21.8. The van der Waals surface area contributed by atoms with Gasteiger partial charge in [0.05, 0.1) is 22.7 Å². The third-order valence-corrected chi connectivity index (χ3v) is 8.23. The van der Waals surface area contributed by atoms with Gasteiger partial charge in [0.1, 0.15) is 0 Å². The Balaban J connectivity index is 1.48. The summed E-state index contributed by atoms with van der Waals surface area (Å²) in [6, 6.07) is 40.0. The van der Waals surface area contributed by atoms with E-state index in [1.807, 2.05) is 0 Å². The summed E-state index contributed by atoms with van der Waals surface area (Å²) in [5, 5.41) is 0. The van der Waals surface area contributed by atoms with Gasteiger partial charge in [-0.1, -0.05) is 86.6 Å². The maximum Gasteiger partial charge on any atom is 0.0732 e. The highest BCUT2D eigenvalue weighted by molar-refractivity contribution is 6.03. The lowest BCUT2D eigenvalue weighted by Crippen LogP contribution is -2.25. The number of hydrogen-bond acceptors (Lipinski definition) is 2. The van der Waals surface area contributed by atoms with Crippen LogP contribution in [0.3, 0.4) is 0 Å². The zero-order valence-corrected chi connectivity index (χ0v) is 21.8. The molecule has 1 heterocycles. The normalized spacial score (nSPS) is 14.6. The van der Waals surface area contributed by atoms with Crippen molar-refractivity contribution in [2.45, 2.75) is 33.1 Å². The maximum absolute atomic E-state index is 2.45. The van der Waals surface area contributed by atoms with Crippen molar-refractivity contribution in [3.63, 3.8) is 0 Å². The first kappa shape index (κ1) is 21.9. The Morgan fingerprint density at radius 2 is 1.08 bits per heavy atom. The highest BCUT2D eigenvalue weighted by atomic mass is 15.3. The number of anilines is 6. The molecular weight excluding hydrogens is 448 g/mol. The molecule has 5 aromatic rings. The van der Waals surface area contributed by atoms with Crippen molar-refractivity contribution < 1.29 is 0 Å². The molecule has 180 valence electrons. The molecule has 5 aromatic carbocycles. The molecule has 0 N–H and O–H groups in total. The van der Waals surface area contributed by atoms with E-state index in [1.165, 1.54) is 67.5 Å². The van der Waals surface area contributed by atoms with Crippen LogP contribution < -0.4 is 9.80 Å². The fourth-order valence-corrected chi connectivity index (χ4v) is 6.38. The molecule has 7 rings (SSSR count). The quantitative estimate of drug-likeness (QED) is 0.244. The van der Waals surface area contributed by atoms with E-state index in [2.05, 4.69) is 147 Å². The van der Waals surface area contributed by atoms with Gasteiger partial charge in [-0.3, -0.25) is 0 Å². The molecule has 1 aliphatic heterocycles. The fraction of sp³-hybridized carbons (Fsp3) is 0.143. The van der Waals surface area contributed by atoms with E-state index in [0.717, 1.165) is 0 Å². The lowest BCUT2D eigenvalue weighted by molar-refractivity contribution is 0.660. The van der Waals surface area contributed by atoms with E-state index < -0.39 is 0 Å². The van der Waals surface area contributed by atoms with E-state index in [9.17, 15) is 0 Å². The Labute approximate surface area is 219 Å². The summed E-state index contributed by atoms with van der Waals surface area (Å²) in [5.41, 5.74) is 15.2. The first-order valence-corrected chi connectivity index (χ1v) is 13.1. The van der Waals surface area contributed by atoms with Crippen molar-refractivity contribution in [2.24, 2.45) is 0 Å². The second kappa shape index (κ2) is 7.85. The Hall–Kier alpha value is -4.30. The van der Waals surface area contributed by atoms with Crippen LogP contribution in [0.1, 0.15) is 36.1 Å². The molecule has 1 aliphatic carbocycles. The molecule has 0 saturated heterocycles. The van der Waals surface area contributed by atoms with E-state index in [4.69, 9.17) is 0 Å². The molecule has 0 bridgehead atoms. The lowest BCUT2D eigenvalue weighted by atomic mass is 9.82. The first-order valence-electron chi connectivity index (χ1n) is 13.1. The van der Waals surface area contributed by atoms with Crippen LogP contribution in [0.25, 0.3) is 11.1 Å². The van der Waals surface area contributed by atoms with Gasteiger partial charge in [0.25, 0.3) is 0 Å². The average molecular weight is 479 g/mol. The summed E-state index contributed by atoms with van der Waals surface area (Å²) in [6.07, 6.45) is 0. The summed E-state index contributed by atoms with van der Waals surface area (Å²) in [7, 11) is 0. The summed E-state index contributed by atoms with van der Waals surface area (Å²) >= 11 is 0. The van der Waals surface area contributed by atoms with E-state index in [0.29, 0.717) is 0 Å². The number of fused-ring (bicyclic) bond motifs is 5. The van der Waals surface area contributed by atoms with Crippen molar-refractivity contribution in [1.29, 1.82) is 0 Å². The second-order valence-electron chi connectivity index (χ2n) is 10.8. The molecule has 0 atom stereocenters. The van der Waals surface area contributed by atoms with Crippen LogP contribution in [-0.4, -0.2) is 0 Å². The number of para-hydroxylation sites is 4. The minimum atomic E-state index is -0.0418. The van der Waals surface area contributed by atoms with E-state index in [-0.39, 0.29) is 5.41 Å². The highest BCUT2D eigenvalue weighted by Gasteiger charge is 2.37. The molecule has 2 aliphatic rings. The minimum Gasteiger partial charge on any atom is -0.306 e. The van der Waals surface area contributed by atoms with E-state index >= 15 is 0 Å². The van der Waals surface area contributed by atoms with Gasteiger partial charge in [-0.15, -0.1) is 0 Å². The summed E-state index contributed by atoms with van der Waals surface area (Å²) < 4.78 is 0. The van der Waals surface area contributed by atoms with Gasteiger partial charge in [0.15, 0.2) is 0 Å². The molecule has 0 aromatic heterocycles. The Morgan fingerprint density at radius 1 is 0.486 bits per heavy atom. The summed E-state index contributed by atoms with van der Waals surface area (Å²) in [6.45, 7) is 9.12. The molecule has 2 nitrogen and oxygen atoms in total. The number of benzene rings is 5. The number of rotatable bonds is 2. The van der Waals surface area contributed by atoms with Crippen LogP contribution >= 0.6 is 0 Å². The largest absolute Gasteiger partial charge is 0.306 e. The topological polar surface area (TPSA) is 6.48 Å². The summed E-state index contributed by atoms with van der Waals surface area (Å²) in [5.74, 6) is 0. The predicted octanol–water partition coefficient (Wildman–Crippen LogP) is 9.86. The van der Waals surface area contributed by atoms with Crippen molar-refractivity contribution in [3.8, 4) is 11.1 Å². The highest BCUT2D eigenvalue weighted by Crippen LogP contribution is 2.57. The van der Waals surface area contributed by atoms with Crippen LogP contribution in [0.2, 0.25) is 0 Å². The van der Waals surface area contributed by atoms with Gasteiger partial charge in [0.2, 0.25) is 0 Å². The van der Waals surface area contributed by atoms with Gasteiger partial charge < -0.3 is 9.80 Å². The molecule has 0 saturated carbocycles. The monoisotopic (exact) mass is 478 g/mol. The molecule has 2 heteroatoms. The standard InChI is InChI=1S/C35H30N2/c1-23-12-5-8-16-30(23)37-32-18-10-9-17-31(32)36(33-19-11-13-24(2)34(33)37)25-20-21-27-26-14-6-7-15-28(26)35(3,4)29(27)22-25/h5-22H,1-4H3. The molecule has 0 radical (unpaired) electrons. The second-order valence-corrected chi connectivity index (χ2v) is 10.8. The van der Waals surface area contributed by atoms with Crippen LogP contribution in [0.5, 0.6) is 0 Å². The number of nitrogens with zero attached hydrogens (tertiary/aromatic N) is 2. The molecule has 0 fully saturated rings. The van der Waals surface area contributed by atoms with Crippen LogP contribution in [0, 0.1) is 13.8 Å². The van der Waals surface area contributed by atoms with Gasteiger partial charge in [-0.2, -0.15) is 0 Å². The molecule has 0 unspecified atom stereocenters. The van der Waals surface area contributed by atoms with Crippen LogP contribution in [0.15, 0.2) is 109 Å². The minimum absolute atomic E-state index is 0.0418. The molecule has 37 heavy (non-hydrogen) atoms. The maximum atomic E-state index is 2.45. The van der Waals surface area contributed by atoms with Gasteiger partial charge in [0, 0.05) is 16.8 Å². The van der Waals surface area contributed by atoms with E-state index in [1.54, 1.807) is 0 Å². The molecule has 0 spiro atoms. The average Bonchev–Trinajstić information content (AvgIpc) is 3.14. The van der Waals surface area contributed by atoms with Gasteiger partial charge in [-0.05, 0) is 83.6 Å². The van der Waals surface area contributed by atoms with Crippen molar-refractivity contribution in [1.82, 2.24) is 0 Å². The predicted molar refractivity (Wildman–Crippen MR) is 156 cm³/mol. The van der Waals surface area contributed by atoms with Crippen molar-refractivity contribution >= 4 is 34.1 Å². The van der Waals surface area contributed by atoms with Crippen molar-refractivity contribution in [3.05, 3.63) is 131 Å².